The van der Waals surface area contributed by atoms with Crippen molar-refractivity contribution in [2.24, 2.45) is 0 Å². The fourth-order valence-corrected chi connectivity index (χ4v) is 2.49. The summed E-state index contributed by atoms with van der Waals surface area (Å²) < 4.78 is 1.93. The number of nitrogens with zero attached hydrogens (tertiary/aromatic N) is 2. The molecule has 68 valence electrons. The van der Waals surface area contributed by atoms with Gasteiger partial charge in [-0.05, 0) is 15.9 Å². The van der Waals surface area contributed by atoms with Crippen LogP contribution in [0.15, 0.2) is 20.8 Å². The molecule has 13 heavy (non-hydrogen) atoms. The van der Waals surface area contributed by atoms with E-state index in [1.165, 1.54) is 15.7 Å². The summed E-state index contributed by atoms with van der Waals surface area (Å²) >= 11 is 10.2. The minimum atomic E-state index is -0.109. The van der Waals surface area contributed by atoms with E-state index in [9.17, 15) is 4.79 Å². The number of hydrogen-bond donors (Lipinski definition) is 0. The number of aromatic nitrogens is 2. The van der Waals surface area contributed by atoms with Crippen LogP contribution in [0, 0.1) is 0 Å². The van der Waals surface area contributed by atoms with Crippen LogP contribution in [0.1, 0.15) is 5.69 Å². The Morgan fingerprint density at radius 2 is 2.46 bits per heavy atom. The lowest BCUT2D eigenvalue weighted by Crippen LogP contribution is -2.15. The molecule has 2 aromatic heterocycles. The maximum absolute atomic E-state index is 11.6. The topological polar surface area (TPSA) is 34.4 Å². The lowest BCUT2D eigenvalue weighted by molar-refractivity contribution is 1.02. The van der Waals surface area contributed by atoms with Gasteiger partial charge in [0.2, 0.25) is 0 Å². The number of hydrogen-bond acceptors (Lipinski definition) is 3. The quantitative estimate of drug-likeness (QED) is 0.751. The van der Waals surface area contributed by atoms with Gasteiger partial charge in [-0.1, -0.05) is 0 Å². The molecule has 0 bridgehead atoms. The van der Waals surface area contributed by atoms with Gasteiger partial charge in [-0.2, -0.15) is 0 Å². The van der Waals surface area contributed by atoms with E-state index in [1.54, 1.807) is 6.20 Å². The molecule has 0 aromatic carbocycles. The average Bonchev–Trinajstić information content (AvgIpc) is 2.59. The van der Waals surface area contributed by atoms with E-state index in [1.807, 2.05) is 5.38 Å². The molecule has 0 saturated carbocycles. The molecule has 0 aliphatic carbocycles. The average molecular weight is 280 g/mol. The van der Waals surface area contributed by atoms with Gasteiger partial charge in [-0.25, -0.2) is 4.98 Å². The Kier molecular flexibility index (Phi) is 2.40. The third kappa shape index (κ3) is 1.41. The SMILES string of the molecule is O=c1c(Br)c(CCl)nc2sccn12. The molecule has 0 unspecified atom stereocenters. The molecular weight excluding hydrogens is 276 g/mol. The summed E-state index contributed by atoms with van der Waals surface area (Å²) in [6.45, 7) is 0. The normalized spacial score (nSPS) is 10.9. The summed E-state index contributed by atoms with van der Waals surface area (Å²) in [7, 11) is 0. The first-order valence-electron chi connectivity index (χ1n) is 3.44. The molecule has 0 saturated heterocycles. The standard InChI is InChI=1S/C7H4BrClN2OS/c8-5-4(3-9)10-7-11(6(5)12)1-2-13-7/h1-2H,3H2. The Balaban J connectivity index is 2.92. The maximum Gasteiger partial charge on any atom is 0.273 e. The highest BCUT2D eigenvalue weighted by atomic mass is 79.9. The first kappa shape index (κ1) is 9.18. The van der Waals surface area contributed by atoms with Crippen molar-refractivity contribution in [3.05, 3.63) is 32.1 Å². The minimum Gasteiger partial charge on any atom is -0.268 e. The molecule has 0 aliphatic rings. The van der Waals surface area contributed by atoms with Gasteiger partial charge in [0.15, 0.2) is 4.96 Å². The largest absolute Gasteiger partial charge is 0.273 e. The highest BCUT2D eigenvalue weighted by Gasteiger charge is 2.09. The van der Waals surface area contributed by atoms with Crippen LogP contribution >= 0.6 is 38.9 Å². The van der Waals surface area contributed by atoms with E-state index in [4.69, 9.17) is 11.6 Å². The van der Waals surface area contributed by atoms with Crippen molar-refractivity contribution < 1.29 is 0 Å². The third-order valence-electron chi connectivity index (χ3n) is 1.61. The first-order chi connectivity index (χ1) is 6.24. The molecule has 0 radical (unpaired) electrons. The molecule has 2 aromatic rings. The summed E-state index contributed by atoms with van der Waals surface area (Å²) in [5, 5.41) is 1.81. The third-order valence-corrected chi connectivity index (χ3v) is 3.41. The van der Waals surface area contributed by atoms with E-state index in [2.05, 4.69) is 20.9 Å². The van der Waals surface area contributed by atoms with Crippen LogP contribution in [0.4, 0.5) is 0 Å². The van der Waals surface area contributed by atoms with Crippen molar-refractivity contribution in [3.63, 3.8) is 0 Å². The van der Waals surface area contributed by atoms with Crippen LogP contribution in [0.25, 0.3) is 4.96 Å². The summed E-state index contributed by atoms with van der Waals surface area (Å²) in [5.74, 6) is 0.240. The number of alkyl halides is 1. The van der Waals surface area contributed by atoms with Crippen molar-refractivity contribution in [1.82, 2.24) is 9.38 Å². The van der Waals surface area contributed by atoms with Gasteiger partial charge in [0, 0.05) is 11.6 Å². The van der Waals surface area contributed by atoms with Crippen LogP contribution in [0.2, 0.25) is 0 Å². The van der Waals surface area contributed by atoms with E-state index >= 15 is 0 Å². The highest BCUT2D eigenvalue weighted by molar-refractivity contribution is 9.10. The second-order valence-corrected chi connectivity index (χ2v) is 4.30. The minimum absolute atomic E-state index is 0.109. The number of rotatable bonds is 1. The predicted molar refractivity (Wildman–Crippen MR) is 56.6 cm³/mol. The summed E-state index contributed by atoms with van der Waals surface area (Å²) in [6, 6.07) is 0. The zero-order chi connectivity index (χ0) is 9.42. The molecule has 3 nitrogen and oxygen atoms in total. The lowest BCUT2D eigenvalue weighted by Gasteiger charge is -1.98. The van der Waals surface area contributed by atoms with Crippen LogP contribution in [-0.2, 0) is 5.88 Å². The van der Waals surface area contributed by atoms with Gasteiger partial charge >= 0.3 is 0 Å². The van der Waals surface area contributed by atoms with E-state index in [0.717, 1.165) is 0 Å². The van der Waals surface area contributed by atoms with Crippen LogP contribution in [0.3, 0.4) is 0 Å². The Labute approximate surface area is 91.1 Å². The summed E-state index contributed by atoms with van der Waals surface area (Å²) in [4.78, 5) is 16.5. The fourth-order valence-electron chi connectivity index (χ4n) is 0.990. The molecule has 2 rings (SSSR count). The molecule has 0 atom stereocenters. The molecule has 0 N–H and O–H groups in total. The van der Waals surface area contributed by atoms with Crippen molar-refractivity contribution in [1.29, 1.82) is 0 Å². The first-order valence-corrected chi connectivity index (χ1v) is 5.65. The fraction of sp³-hybridized carbons (Fsp3) is 0.143. The Morgan fingerprint density at radius 3 is 3.15 bits per heavy atom. The highest BCUT2D eigenvalue weighted by Crippen LogP contribution is 2.15. The van der Waals surface area contributed by atoms with E-state index in [0.29, 0.717) is 15.1 Å². The number of halogens is 2. The van der Waals surface area contributed by atoms with Crippen LogP contribution in [0.5, 0.6) is 0 Å². The molecule has 0 spiro atoms. The van der Waals surface area contributed by atoms with Crippen LogP contribution in [-0.4, -0.2) is 9.38 Å². The Hall–Kier alpha value is -0.390. The van der Waals surface area contributed by atoms with E-state index in [-0.39, 0.29) is 11.4 Å². The molecule has 0 aliphatic heterocycles. The summed E-state index contributed by atoms with van der Waals surface area (Å²) in [5.41, 5.74) is 0.482. The molecular formula is C7H4BrClN2OS. The van der Waals surface area contributed by atoms with Crippen molar-refractivity contribution in [2.75, 3.05) is 0 Å². The smallest absolute Gasteiger partial charge is 0.268 e. The monoisotopic (exact) mass is 278 g/mol. The van der Waals surface area contributed by atoms with Gasteiger partial charge in [-0.15, -0.1) is 22.9 Å². The number of thiazole rings is 1. The second kappa shape index (κ2) is 3.40. The van der Waals surface area contributed by atoms with Crippen LogP contribution < -0.4 is 5.56 Å². The van der Waals surface area contributed by atoms with Gasteiger partial charge < -0.3 is 0 Å². The molecule has 2 heterocycles. The van der Waals surface area contributed by atoms with Crippen molar-refractivity contribution >= 4 is 43.8 Å². The zero-order valence-electron chi connectivity index (χ0n) is 6.33. The maximum atomic E-state index is 11.6. The predicted octanol–water partition coefficient (Wildman–Crippen LogP) is 2.26. The van der Waals surface area contributed by atoms with Crippen molar-refractivity contribution in [2.45, 2.75) is 5.88 Å². The van der Waals surface area contributed by atoms with E-state index < -0.39 is 0 Å². The molecule has 0 amide bonds. The lowest BCUT2D eigenvalue weighted by atomic mass is 10.4. The van der Waals surface area contributed by atoms with Gasteiger partial charge in [0.1, 0.15) is 4.47 Å². The zero-order valence-corrected chi connectivity index (χ0v) is 9.49. The van der Waals surface area contributed by atoms with Gasteiger partial charge in [-0.3, -0.25) is 9.20 Å². The van der Waals surface area contributed by atoms with Gasteiger partial charge in [0.25, 0.3) is 5.56 Å². The second-order valence-electron chi connectivity index (χ2n) is 2.37. The Bertz CT molecular complexity index is 507. The Morgan fingerprint density at radius 1 is 1.69 bits per heavy atom. The molecule has 0 fully saturated rings. The number of fused-ring (bicyclic) bond motifs is 1. The van der Waals surface area contributed by atoms with Crippen molar-refractivity contribution in [3.8, 4) is 0 Å². The summed E-state index contributed by atoms with van der Waals surface area (Å²) in [6.07, 6.45) is 1.69. The van der Waals surface area contributed by atoms with Gasteiger partial charge in [0.05, 0.1) is 11.6 Å². The molecule has 6 heteroatoms.